The fourth-order valence-corrected chi connectivity index (χ4v) is 3.71. The average Bonchev–Trinajstić information content (AvgIpc) is 3.26. The van der Waals surface area contributed by atoms with Crippen molar-refractivity contribution < 1.29 is 4.79 Å². The zero-order valence-electron chi connectivity index (χ0n) is 17.5. The third kappa shape index (κ3) is 4.82. The van der Waals surface area contributed by atoms with E-state index in [1.54, 1.807) is 15.9 Å². The monoisotopic (exact) mass is 410 g/mol. The van der Waals surface area contributed by atoms with Gasteiger partial charge in [-0.2, -0.15) is 5.10 Å². The molecule has 2 heterocycles. The van der Waals surface area contributed by atoms with Gasteiger partial charge in [0.05, 0.1) is 11.7 Å². The van der Waals surface area contributed by atoms with Gasteiger partial charge < -0.3 is 4.90 Å². The molecule has 0 aliphatic carbocycles. The molecule has 0 fully saturated rings. The molecule has 3 rings (SSSR count). The molecule has 1 atom stereocenters. The minimum Gasteiger partial charge on any atom is -0.339 e. The molecular weight excluding hydrogens is 384 g/mol. The second kappa shape index (κ2) is 9.17. The Bertz CT molecular complexity index is 948. The van der Waals surface area contributed by atoms with E-state index in [9.17, 15) is 4.79 Å². The van der Waals surface area contributed by atoms with Gasteiger partial charge in [0.25, 0.3) is 0 Å². The first-order chi connectivity index (χ1) is 13.9. The van der Waals surface area contributed by atoms with Crippen molar-refractivity contribution in [3.05, 3.63) is 59.4 Å². The van der Waals surface area contributed by atoms with Crippen LogP contribution in [-0.2, 0) is 11.2 Å². The zero-order valence-corrected chi connectivity index (χ0v) is 18.3. The van der Waals surface area contributed by atoms with Crippen LogP contribution in [0.2, 0.25) is 0 Å². The van der Waals surface area contributed by atoms with E-state index in [1.165, 1.54) is 18.1 Å². The van der Waals surface area contributed by atoms with Crippen LogP contribution in [0.15, 0.2) is 42.1 Å². The van der Waals surface area contributed by atoms with Crippen LogP contribution < -0.4 is 0 Å². The van der Waals surface area contributed by atoms with E-state index < -0.39 is 0 Å². The normalized spacial score (nSPS) is 12.0. The quantitative estimate of drug-likeness (QED) is 0.438. The lowest BCUT2D eigenvalue weighted by Crippen LogP contribution is -2.30. The Morgan fingerprint density at radius 2 is 1.83 bits per heavy atom. The molecule has 29 heavy (non-hydrogen) atoms. The highest BCUT2D eigenvalue weighted by Crippen LogP contribution is 2.22. The molecule has 1 amide bonds. The summed E-state index contributed by atoms with van der Waals surface area (Å²) in [5.74, 6) is 0.102. The fourth-order valence-electron chi connectivity index (χ4n) is 3.26. The molecule has 0 aliphatic heterocycles. The van der Waals surface area contributed by atoms with Crippen molar-refractivity contribution in [2.24, 2.45) is 0 Å². The minimum absolute atomic E-state index is 0.0235. The fraction of sp³-hybridized carbons (Fsp3) is 0.381. The van der Waals surface area contributed by atoms with Crippen LogP contribution in [0.25, 0.3) is 5.69 Å². The number of nitrogens with zero attached hydrogens (tertiary/aromatic N) is 6. The number of aryl methyl sites for hydroxylation is 2. The summed E-state index contributed by atoms with van der Waals surface area (Å²) in [5, 5.41) is 4.91. The Kier molecular flexibility index (Phi) is 6.64. The van der Waals surface area contributed by atoms with Crippen LogP contribution in [0, 0.1) is 13.8 Å². The SMILES string of the molecule is CSc1nc(C)c(CCC(=O)N(C)[C@@H](C)c2ccc(-n3cncn3)cc2)c(C)n1. The van der Waals surface area contributed by atoms with Gasteiger partial charge in [0.15, 0.2) is 5.16 Å². The predicted molar refractivity (Wildman–Crippen MR) is 114 cm³/mol. The van der Waals surface area contributed by atoms with Crippen molar-refractivity contribution in [2.45, 2.75) is 44.8 Å². The molecule has 7 nitrogen and oxygen atoms in total. The van der Waals surface area contributed by atoms with Gasteiger partial charge >= 0.3 is 0 Å². The number of benzene rings is 1. The van der Waals surface area contributed by atoms with E-state index in [2.05, 4.69) is 20.1 Å². The molecule has 0 N–H and O–H groups in total. The molecule has 1 aromatic carbocycles. The first-order valence-corrected chi connectivity index (χ1v) is 10.7. The number of carbonyl (C=O) groups is 1. The number of aromatic nitrogens is 5. The van der Waals surface area contributed by atoms with Crippen LogP contribution in [0.5, 0.6) is 0 Å². The number of amides is 1. The third-order valence-corrected chi connectivity index (χ3v) is 5.75. The summed E-state index contributed by atoms with van der Waals surface area (Å²) in [6.07, 6.45) is 6.21. The maximum Gasteiger partial charge on any atom is 0.223 e. The van der Waals surface area contributed by atoms with Gasteiger partial charge in [-0.3, -0.25) is 4.79 Å². The van der Waals surface area contributed by atoms with Crippen molar-refractivity contribution in [3.8, 4) is 5.69 Å². The summed E-state index contributed by atoms with van der Waals surface area (Å²) in [4.78, 5) is 27.6. The lowest BCUT2D eigenvalue weighted by atomic mass is 10.0. The first-order valence-electron chi connectivity index (χ1n) is 9.49. The molecule has 0 aliphatic rings. The Balaban J connectivity index is 1.64. The van der Waals surface area contributed by atoms with Gasteiger partial charge in [-0.25, -0.2) is 19.6 Å². The molecule has 0 bridgehead atoms. The average molecular weight is 411 g/mol. The van der Waals surface area contributed by atoms with E-state index in [0.29, 0.717) is 12.8 Å². The molecule has 0 unspecified atom stereocenters. The van der Waals surface area contributed by atoms with E-state index in [1.807, 2.05) is 58.3 Å². The molecule has 0 saturated heterocycles. The minimum atomic E-state index is -0.0235. The van der Waals surface area contributed by atoms with Gasteiger partial charge in [-0.05, 0) is 56.7 Å². The second-order valence-corrected chi connectivity index (χ2v) is 7.75. The van der Waals surface area contributed by atoms with Gasteiger partial charge in [0, 0.05) is 24.9 Å². The van der Waals surface area contributed by atoms with Gasteiger partial charge in [0.1, 0.15) is 12.7 Å². The lowest BCUT2D eigenvalue weighted by molar-refractivity contribution is -0.131. The second-order valence-electron chi connectivity index (χ2n) is 6.97. The highest BCUT2D eigenvalue weighted by molar-refractivity contribution is 7.98. The van der Waals surface area contributed by atoms with E-state index in [4.69, 9.17) is 0 Å². The number of thioether (sulfide) groups is 1. The highest BCUT2D eigenvalue weighted by atomic mass is 32.2. The lowest BCUT2D eigenvalue weighted by Gasteiger charge is -2.26. The van der Waals surface area contributed by atoms with Crippen molar-refractivity contribution in [1.29, 1.82) is 0 Å². The molecule has 152 valence electrons. The summed E-state index contributed by atoms with van der Waals surface area (Å²) in [7, 11) is 1.85. The Labute approximate surface area is 175 Å². The van der Waals surface area contributed by atoms with Crippen LogP contribution in [-0.4, -0.2) is 48.8 Å². The molecule has 0 radical (unpaired) electrons. The summed E-state index contributed by atoms with van der Waals surface area (Å²) in [5.41, 5.74) is 4.98. The van der Waals surface area contributed by atoms with Gasteiger partial charge in [-0.15, -0.1) is 0 Å². The number of carbonyl (C=O) groups excluding carboxylic acids is 1. The molecule has 3 aromatic rings. The summed E-state index contributed by atoms with van der Waals surface area (Å²) >= 11 is 1.53. The largest absolute Gasteiger partial charge is 0.339 e. The summed E-state index contributed by atoms with van der Waals surface area (Å²) < 4.78 is 1.71. The van der Waals surface area contributed by atoms with Crippen molar-refractivity contribution in [3.63, 3.8) is 0 Å². The van der Waals surface area contributed by atoms with Gasteiger partial charge in [-0.1, -0.05) is 23.9 Å². The van der Waals surface area contributed by atoms with Crippen LogP contribution in [0.4, 0.5) is 0 Å². The Hall–Kier alpha value is -2.74. The van der Waals surface area contributed by atoms with Gasteiger partial charge in [0.2, 0.25) is 5.91 Å². The topological polar surface area (TPSA) is 76.8 Å². The maximum absolute atomic E-state index is 12.8. The van der Waals surface area contributed by atoms with Crippen LogP contribution in [0.3, 0.4) is 0 Å². The van der Waals surface area contributed by atoms with E-state index >= 15 is 0 Å². The van der Waals surface area contributed by atoms with E-state index in [-0.39, 0.29) is 11.9 Å². The molecule has 2 aromatic heterocycles. The van der Waals surface area contributed by atoms with Crippen molar-refractivity contribution in [1.82, 2.24) is 29.6 Å². The maximum atomic E-state index is 12.8. The van der Waals surface area contributed by atoms with Crippen LogP contribution in [0.1, 0.15) is 41.9 Å². The predicted octanol–water partition coefficient (Wildman–Crippen LogP) is 3.55. The number of rotatable bonds is 7. The first kappa shape index (κ1) is 21.0. The smallest absolute Gasteiger partial charge is 0.223 e. The van der Waals surface area contributed by atoms with Crippen molar-refractivity contribution in [2.75, 3.05) is 13.3 Å². The molecule has 8 heteroatoms. The summed E-state index contributed by atoms with van der Waals surface area (Å²) in [6, 6.07) is 7.99. The van der Waals surface area contributed by atoms with Crippen molar-refractivity contribution >= 4 is 17.7 Å². The van der Waals surface area contributed by atoms with Crippen LogP contribution >= 0.6 is 11.8 Å². The molecular formula is C21H26N6OS. The molecule has 0 spiro atoms. The number of hydrogen-bond acceptors (Lipinski definition) is 6. The standard InChI is InChI=1S/C21H26N6OS/c1-14-19(15(2)25-21(24-14)29-5)10-11-20(28)26(4)16(3)17-6-8-18(9-7-17)27-13-22-12-23-27/h6-9,12-13,16H,10-11H2,1-5H3/t16-/m0/s1. The molecule has 0 saturated carbocycles. The number of hydrogen-bond donors (Lipinski definition) is 0. The highest BCUT2D eigenvalue weighted by Gasteiger charge is 2.18. The Morgan fingerprint density at radius 3 is 2.38 bits per heavy atom. The Morgan fingerprint density at radius 1 is 1.17 bits per heavy atom. The van der Waals surface area contributed by atoms with E-state index in [0.717, 1.165) is 33.4 Å². The third-order valence-electron chi connectivity index (χ3n) is 5.20. The summed E-state index contributed by atoms with van der Waals surface area (Å²) in [6.45, 7) is 6.00. The zero-order chi connectivity index (χ0) is 21.0.